The molecule has 3 N–H and O–H groups in total. The first kappa shape index (κ1) is 22.7. The Morgan fingerprint density at radius 2 is 2.00 bits per heavy atom. The fraction of sp³-hybridized carbons (Fsp3) is 0.417. The molecule has 3 unspecified atom stereocenters. The van der Waals surface area contributed by atoms with E-state index in [1.165, 1.54) is 0 Å². The monoisotopic (exact) mass is 456 g/mol. The molecule has 1 amide bonds. The molecule has 2 aliphatic rings. The van der Waals surface area contributed by atoms with E-state index in [0.29, 0.717) is 42.6 Å². The summed E-state index contributed by atoms with van der Waals surface area (Å²) >= 11 is 7.54. The lowest BCUT2D eigenvalue weighted by molar-refractivity contribution is -0.125. The number of halogens is 1. The molecular weight excluding hydrogens is 428 g/mol. The van der Waals surface area contributed by atoms with E-state index >= 15 is 0 Å². The van der Waals surface area contributed by atoms with Gasteiger partial charge in [-0.05, 0) is 24.3 Å². The van der Waals surface area contributed by atoms with E-state index in [2.05, 4.69) is 16.0 Å². The molecule has 0 bridgehead atoms. The number of alkyl halides is 1. The smallest absolute Gasteiger partial charge is 0.225 e. The maximum atomic E-state index is 13.2. The Bertz CT molecular complexity index is 993. The second-order valence-corrected chi connectivity index (χ2v) is 8.64. The van der Waals surface area contributed by atoms with Crippen molar-refractivity contribution in [2.24, 2.45) is 10.9 Å². The highest BCUT2D eigenvalue weighted by atomic mass is 35.5. The van der Waals surface area contributed by atoms with Crippen LogP contribution >= 0.6 is 11.6 Å². The lowest BCUT2D eigenvalue weighted by Crippen LogP contribution is -2.65. The molecule has 32 heavy (non-hydrogen) atoms. The Labute approximate surface area is 193 Å². The van der Waals surface area contributed by atoms with E-state index in [-0.39, 0.29) is 11.9 Å². The van der Waals surface area contributed by atoms with Crippen LogP contribution in [0.1, 0.15) is 12.5 Å². The van der Waals surface area contributed by atoms with Crippen molar-refractivity contribution in [1.29, 1.82) is 0 Å². The summed E-state index contributed by atoms with van der Waals surface area (Å²) in [7, 11) is 1.60. The number of methoxy groups -OCH3 is 1. The van der Waals surface area contributed by atoms with Crippen LogP contribution in [0, 0.1) is 5.92 Å². The van der Waals surface area contributed by atoms with Crippen LogP contribution in [0.3, 0.4) is 0 Å². The lowest BCUT2D eigenvalue weighted by atomic mass is 9.78. The lowest BCUT2D eigenvalue weighted by Gasteiger charge is -2.42. The van der Waals surface area contributed by atoms with Crippen molar-refractivity contribution in [2.45, 2.75) is 17.8 Å². The first-order valence-electron chi connectivity index (χ1n) is 10.9. The van der Waals surface area contributed by atoms with Crippen LogP contribution < -0.4 is 20.7 Å². The maximum absolute atomic E-state index is 13.2. The number of amides is 1. The molecule has 0 spiro atoms. The third-order valence-electron chi connectivity index (χ3n) is 6.00. The van der Waals surface area contributed by atoms with Crippen molar-refractivity contribution >= 4 is 28.9 Å². The van der Waals surface area contributed by atoms with Gasteiger partial charge in [-0.25, -0.2) is 4.99 Å². The van der Waals surface area contributed by atoms with Crippen LogP contribution in [0.15, 0.2) is 53.5 Å². The fourth-order valence-electron chi connectivity index (χ4n) is 4.22. The Morgan fingerprint density at radius 3 is 2.75 bits per heavy atom. The van der Waals surface area contributed by atoms with Gasteiger partial charge in [0.15, 0.2) is 5.75 Å². The first-order valence-corrected chi connectivity index (χ1v) is 11.3. The van der Waals surface area contributed by atoms with Crippen LogP contribution in [0.2, 0.25) is 0 Å². The number of rotatable bonds is 7. The molecule has 0 radical (unpaired) electrons. The van der Waals surface area contributed by atoms with E-state index in [4.69, 9.17) is 26.1 Å². The van der Waals surface area contributed by atoms with Gasteiger partial charge in [-0.2, -0.15) is 0 Å². The molecule has 170 valence electrons. The van der Waals surface area contributed by atoms with Crippen molar-refractivity contribution in [2.75, 3.05) is 39.9 Å². The number of fused-ring (bicyclic) bond motifs is 2. The van der Waals surface area contributed by atoms with Crippen LogP contribution in [0.4, 0.5) is 5.69 Å². The number of aliphatic imine (C=N–C) groups is 1. The van der Waals surface area contributed by atoms with Gasteiger partial charge in [0.2, 0.25) is 5.91 Å². The van der Waals surface area contributed by atoms with Gasteiger partial charge in [0.1, 0.15) is 16.3 Å². The van der Waals surface area contributed by atoms with E-state index in [0.717, 1.165) is 18.7 Å². The number of hydrogen-bond donors (Lipinski definition) is 3. The summed E-state index contributed by atoms with van der Waals surface area (Å²) in [6.45, 7) is 4.91. The zero-order valence-corrected chi connectivity index (χ0v) is 19.1. The predicted octanol–water partition coefficient (Wildman–Crippen LogP) is 2.85. The quantitative estimate of drug-likeness (QED) is 0.440. The molecule has 2 aromatic carbocycles. The average molecular weight is 457 g/mol. The third-order valence-corrected chi connectivity index (χ3v) is 6.77. The van der Waals surface area contributed by atoms with Crippen molar-refractivity contribution in [1.82, 2.24) is 16.0 Å². The van der Waals surface area contributed by atoms with Crippen LogP contribution in [-0.2, 0) is 9.53 Å². The molecular formula is C24H29ClN4O3. The number of ether oxygens (including phenoxy) is 2. The van der Waals surface area contributed by atoms with E-state index < -0.39 is 10.8 Å². The average Bonchev–Trinajstić information content (AvgIpc) is 3.00. The number of nitrogens with one attached hydrogen (secondary N) is 3. The molecule has 2 aliphatic heterocycles. The highest BCUT2D eigenvalue weighted by molar-refractivity contribution is 6.42. The largest absolute Gasteiger partial charge is 0.454 e. The second kappa shape index (κ2) is 10.0. The summed E-state index contributed by atoms with van der Waals surface area (Å²) in [6.07, 6.45) is 0. The van der Waals surface area contributed by atoms with E-state index in [9.17, 15) is 4.79 Å². The minimum atomic E-state index is -1.14. The van der Waals surface area contributed by atoms with Crippen molar-refractivity contribution < 1.29 is 14.3 Å². The van der Waals surface area contributed by atoms with Gasteiger partial charge in [-0.3, -0.25) is 4.79 Å². The van der Waals surface area contributed by atoms with Gasteiger partial charge in [-0.15, -0.1) is 11.6 Å². The minimum Gasteiger partial charge on any atom is -0.454 e. The summed E-state index contributed by atoms with van der Waals surface area (Å²) in [5.41, 5.74) is 2.08. The summed E-state index contributed by atoms with van der Waals surface area (Å²) in [5.74, 6) is 0.580. The van der Waals surface area contributed by atoms with Gasteiger partial charge in [0.05, 0.1) is 18.2 Å². The molecule has 2 aromatic rings. The van der Waals surface area contributed by atoms with Gasteiger partial charge >= 0.3 is 0 Å². The predicted molar refractivity (Wildman–Crippen MR) is 126 cm³/mol. The summed E-state index contributed by atoms with van der Waals surface area (Å²) < 4.78 is 11.3. The summed E-state index contributed by atoms with van der Waals surface area (Å²) in [6, 6.07) is 15.1. The molecule has 8 heteroatoms. The van der Waals surface area contributed by atoms with Crippen molar-refractivity contribution in [3.05, 3.63) is 54.1 Å². The molecule has 0 saturated carbocycles. The Kier molecular flexibility index (Phi) is 7.10. The Balaban J connectivity index is 1.84. The molecule has 1 fully saturated rings. The van der Waals surface area contributed by atoms with Gasteiger partial charge in [-0.1, -0.05) is 31.2 Å². The van der Waals surface area contributed by atoms with Crippen LogP contribution in [0.5, 0.6) is 11.5 Å². The molecule has 3 atom stereocenters. The molecule has 1 saturated heterocycles. The summed E-state index contributed by atoms with van der Waals surface area (Å²) in [5, 5.41) is 9.86. The van der Waals surface area contributed by atoms with Crippen molar-refractivity contribution in [3.8, 4) is 11.5 Å². The van der Waals surface area contributed by atoms with Gasteiger partial charge in [0, 0.05) is 44.9 Å². The number of nitrogens with zero attached hydrogens (tertiary/aromatic N) is 1. The number of hydrogen-bond acceptors (Lipinski definition) is 6. The topological polar surface area (TPSA) is 84.0 Å². The number of para-hydroxylation sites is 3. The van der Waals surface area contributed by atoms with Gasteiger partial charge < -0.3 is 25.4 Å². The number of carbonyl (C=O) groups is 1. The second-order valence-electron chi connectivity index (χ2n) is 8.01. The minimum absolute atomic E-state index is 0.150. The highest BCUT2D eigenvalue weighted by Crippen LogP contribution is 2.44. The zero-order valence-electron chi connectivity index (χ0n) is 18.4. The fourth-order valence-corrected chi connectivity index (χ4v) is 4.62. The standard InChI is InChI=1S/C24H29ClN4O3/c1-16(23(30)28-13-14-31-2)24(25,21-15-26-11-12-27-21)22-17-7-3-5-9-19(17)32-20-10-6-4-8-18(20)29-22/h3-10,16,21,26-27H,11-15H2,1-2H3,(H,28,30). The SMILES string of the molecule is COCCNC(=O)C(C)C(Cl)(C1=Nc2ccccc2Oc2ccccc21)C1CNCCN1. The summed E-state index contributed by atoms with van der Waals surface area (Å²) in [4.78, 5) is 17.1. The van der Waals surface area contributed by atoms with E-state index in [1.807, 2.05) is 55.5 Å². The van der Waals surface area contributed by atoms with Gasteiger partial charge in [0.25, 0.3) is 0 Å². The Hall–Kier alpha value is -2.45. The zero-order chi connectivity index (χ0) is 22.6. The number of carbonyl (C=O) groups excluding carboxylic acids is 1. The van der Waals surface area contributed by atoms with Crippen molar-refractivity contribution in [3.63, 3.8) is 0 Å². The third kappa shape index (κ3) is 4.38. The Morgan fingerprint density at radius 1 is 1.25 bits per heavy atom. The molecule has 0 aliphatic carbocycles. The first-order chi connectivity index (χ1) is 15.6. The molecule has 7 nitrogen and oxygen atoms in total. The highest BCUT2D eigenvalue weighted by Gasteiger charge is 2.51. The van der Waals surface area contributed by atoms with Crippen LogP contribution in [-0.4, -0.2) is 62.4 Å². The van der Waals surface area contributed by atoms with E-state index in [1.54, 1.807) is 7.11 Å². The normalized spacial score (nSPS) is 20.5. The number of benzene rings is 2. The maximum Gasteiger partial charge on any atom is 0.225 e. The number of piperazine rings is 1. The molecule has 0 aromatic heterocycles. The molecule has 2 heterocycles. The molecule has 4 rings (SSSR count). The van der Waals surface area contributed by atoms with Crippen LogP contribution in [0.25, 0.3) is 0 Å².